The molecule has 0 radical (unpaired) electrons. The van der Waals surface area contributed by atoms with E-state index in [2.05, 4.69) is 10.6 Å². The first-order valence-corrected chi connectivity index (χ1v) is 14.6. The average Bonchev–Trinajstić information content (AvgIpc) is 2.99. The minimum Gasteiger partial charge on any atom is -0.394 e. The number of hydrogen-bond acceptors (Lipinski definition) is 17. The summed E-state index contributed by atoms with van der Waals surface area (Å²) in [5.41, 5.74) is 22.8. The summed E-state index contributed by atoms with van der Waals surface area (Å²) in [6.45, 7) is -1.27. The summed E-state index contributed by atoms with van der Waals surface area (Å²) in [6, 6.07) is -4.55. The summed E-state index contributed by atoms with van der Waals surface area (Å²) in [4.78, 5) is 12.2. The first-order chi connectivity index (χ1) is 20.4. The number of carbonyl (C=O) groups excluding carboxylic acids is 1. The third kappa shape index (κ3) is 7.46. The lowest BCUT2D eigenvalue weighted by molar-refractivity contribution is -0.372. The van der Waals surface area contributed by atoms with Crippen molar-refractivity contribution in [3.05, 3.63) is 0 Å². The largest absolute Gasteiger partial charge is 0.394 e. The van der Waals surface area contributed by atoms with Crippen LogP contribution in [0.3, 0.4) is 0 Å². The van der Waals surface area contributed by atoms with Gasteiger partial charge in [0.05, 0.1) is 49.1 Å². The fraction of sp³-hybridized carbons (Fsp3) is 0.960. The van der Waals surface area contributed by atoms with Crippen molar-refractivity contribution in [2.45, 2.75) is 123 Å². The molecule has 43 heavy (non-hydrogen) atoms. The Balaban J connectivity index is 1.41. The molecule has 3 aliphatic heterocycles. The molecular formula is C25H48N6O12. The van der Waals surface area contributed by atoms with Gasteiger partial charge in [-0.1, -0.05) is 0 Å². The summed E-state index contributed by atoms with van der Waals surface area (Å²) < 4.78 is 29.8. The van der Waals surface area contributed by atoms with Crippen molar-refractivity contribution in [1.29, 1.82) is 0 Å². The molecule has 3 saturated heterocycles. The quantitative estimate of drug-likeness (QED) is 0.107. The van der Waals surface area contributed by atoms with Crippen LogP contribution >= 0.6 is 0 Å². The van der Waals surface area contributed by atoms with E-state index in [1.54, 1.807) is 7.05 Å². The van der Waals surface area contributed by atoms with Gasteiger partial charge >= 0.3 is 0 Å². The second-order valence-electron chi connectivity index (χ2n) is 11.9. The fourth-order valence-electron chi connectivity index (χ4n) is 6.09. The molecule has 0 aromatic heterocycles. The number of rotatable bonds is 10. The Kier molecular flexibility index (Phi) is 11.7. The van der Waals surface area contributed by atoms with Gasteiger partial charge in [-0.05, 0) is 26.3 Å². The molecule has 0 spiro atoms. The van der Waals surface area contributed by atoms with Crippen LogP contribution in [0.4, 0.5) is 0 Å². The van der Waals surface area contributed by atoms with Crippen molar-refractivity contribution < 1.29 is 59.1 Å². The minimum absolute atomic E-state index is 0.0578. The maximum Gasteiger partial charge on any atom is 0.239 e. The molecule has 1 saturated carbocycles. The van der Waals surface area contributed by atoms with E-state index >= 15 is 0 Å². The molecule has 1 amide bonds. The predicted molar refractivity (Wildman–Crippen MR) is 145 cm³/mol. The number of nitrogens with one attached hydrogen (secondary N) is 2. The van der Waals surface area contributed by atoms with E-state index in [-0.39, 0.29) is 25.4 Å². The van der Waals surface area contributed by atoms with Gasteiger partial charge in [0.25, 0.3) is 0 Å². The van der Waals surface area contributed by atoms with E-state index in [1.165, 1.54) is 0 Å². The molecule has 4 fully saturated rings. The zero-order valence-electron chi connectivity index (χ0n) is 24.1. The third-order valence-electron chi connectivity index (χ3n) is 8.84. The maximum absolute atomic E-state index is 12.2. The van der Waals surface area contributed by atoms with Crippen molar-refractivity contribution in [2.75, 3.05) is 26.8 Å². The Morgan fingerprint density at radius 2 is 1.72 bits per heavy atom. The van der Waals surface area contributed by atoms with Crippen LogP contribution in [0, 0.1) is 0 Å². The number of aliphatic hydroxyl groups excluding tert-OH is 5. The molecule has 0 bridgehead atoms. The van der Waals surface area contributed by atoms with Gasteiger partial charge in [-0.25, -0.2) is 0 Å². The third-order valence-corrected chi connectivity index (χ3v) is 8.84. The average molecular weight is 625 g/mol. The summed E-state index contributed by atoms with van der Waals surface area (Å²) in [5.74, 6) is -0.823. The van der Waals surface area contributed by atoms with Crippen molar-refractivity contribution in [2.24, 2.45) is 22.9 Å². The van der Waals surface area contributed by atoms with E-state index in [0.29, 0.717) is 12.8 Å². The zero-order valence-corrected chi connectivity index (χ0v) is 24.1. The zero-order chi connectivity index (χ0) is 31.6. The summed E-state index contributed by atoms with van der Waals surface area (Å²) in [5, 5.41) is 67.7. The van der Waals surface area contributed by atoms with Gasteiger partial charge in [0.2, 0.25) is 5.91 Å². The lowest BCUT2D eigenvalue weighted by Gasteiger charge is -2.51. The fourth-order valence-corrected chi connectivity index (χ4v) is 6.09. The number of amides is 1. The highest BCUT2D eigenvalue weighted by Gasteiger charge is 2.54. The lowest BCUT2D eigenvalue weighted by Crippen LogP contribution is -2.70. The Labute approximate surface area is 248 Å². The van der Waals surface area contributed by atoms with Gasteiger partial charge in [-0.15, -0.1) is 0 Å². The first-order valence-electron chi connectivity index (χ1n) is 14.6. The second kappa shape index (κ2) is 14.5. The van der Waals surface area contributed by atoms with Crippen LogP contribution in [-0.2, 0) is 28.5 Å². The van der Waals surface area contributed by atoms with Crippen LogP contribution in [0.25, 0.3) is 0 Å². The molecular weight excluding hydrogens is 576 g/mol. The molecule has 9 unspecified atom stereocenters. The topological polar surface area (TPSA) is 313 Å². The monoisotopic (exact) mass is 624 g/mol. The van der Waals surface area contributed by atoms with Crippen molar-refractivity contribution in [3.63, 3.8) is 0 Å². The van der Waals surface area contributed by atoms with Crippen LogP contribution in [-0.4, -0.2) is 161 Å². The van der Waals surface area contributed by atoms with Crippen molar-refractivity contribution in [1.82, 2.24) is 10.6 Å². The molecule has 4 aliphatic rings. The van der Waals surface area contributed by atoms with Crippen LogP contribution in [0.1, 0.15) is 25.7 Å². The number of fused-ring (bicyclic) bond motifs is 1. The number of hydrogen-bond donors (Lipinski definition) is 12. The van der Waals surface area contributed by atoms with Crippen LogP contribution in [0.15, 0.2) is 0 Å². The highest BCUT2D eigenvalue weighted by atomic mass is 16.8. The molecule has 0 aromatic carbocycles. The summed E-state index contributed by atoms with van der Waals surface area (Å²) in [6.07, 6.45) is -10.5. The van der Waals surface area contributed by atoms with Gasteiger partial charge < -0.3 is 87.9 Å². The molecule has 4 rings (SSSR count). The van der Waals surface area contributed by atoms with E-state index in [0.717, 1.165) is 0 Å². The first kappa shape index (κ1) is 34.7. The lowest BCUT2D eigenvalue weighted by atomic mass is 9.80. The normalized spacial score (nSPS) is 47.9. The summed E-state index contributed by atoms with van der Waals surface area (Å²) in [7, 11) is 1.55. The van der Waals surface area contributed by atoms with Gasteiger partial charge in [-0.2, -0.15) is 0 Å². The Morgan fingerprint density at radius 3 is 2.35 bits per heavy atom. The number of carbonyl (C=O) groups is 1. The molecule has 16 atom stereocenters. The van der Waals surface area contributed by atoms with E-state index in [1.807, 2.05) is 0 Å². The van der Waals surface area contributed by atoms with Crippen LogP contribution in [0.2, 0.25) is 0 Å². The van der Waals surface area contributed by atoms with Gasteiger partial charge in [0.1, 0.15) is 36.6 Å². The molecule has 16 N–H and O–H groups in total. The molecule has 3 heterocycles. The minimum atomic E-state index is -1.72. The molecule has 0 aromatic rings. The van der Waals surface area contributed by atoms with E-state index in [4.69, 9.17) is 51.7 Å². The number of aliphatic hydroxyl groups is 6. The van der Waals surface area contributed by atoms with Crippen molar-refractivity contribution in [3.8, 4) is 0 Å². The van der Waals surface area contributed by atoms with Crippen molar-refractivity contribution >= 4 is 5.91 Å². The Morgan fingerprint density at radius 1 is 1.00 bits per heavy atom. The van der Waals surface area contributed by atoms with Crippen LogP contribution < -0.4 is 33.6 Å². The number of likely N-dealkylation sites (N-methyl/N-ethyl adjacent to an activating group) is 1. The highest BCUT2D eigenvalue weighted by molar-refractivity contribution is 5.82. The molecule has 250 valence electrons. The van der Waals surface area contributed by atoms with Crippen LogP contribution in [0.5, 0.6) is 0 Å². The summed E-state index contributed by atoms with van der Waals surface area (Å²) >= 11 is 0. The second-order valence-corrected chi connectivity index (χ2v) is 11.9. The maximum atomic E-state index is 12.2. The van der Waals surface area contributed by atoms with Gasteiger partial charge in [0.15, 0.2) is 18.9 Å². The highest BCUT2D eigenvalue weighted by Crippen LogP contribution is 2.36. The number of nitrogens with two attached hydrogens (primary N) is 4. The number of ether oxygens (including phenoxy) is 5. The SMILES string of the molecule is CNC1C(O[C@H]2OC(CO)[C@@H](NC(=O)[C@@H](N)CO)C(O)[C@@H]2O)O[C@H]2CC(N)[C@@H](O[C@H]3CC(O)(CN)CCC3N)OC2C1O. The molecule has 1 aliphatic carbocycles. The molecule has 18 heteroatoms. The molecule has 18 nitrogen and oxygen atoms in total. The van der Waals surface area contributed by atoms with E-state index in [9.17, 15) is 30.3 Å². The smallest absolute Gasteiger partial charge is 0.239 e. The predicted octanol–water partition coefficient (Wildman–Crippen LogP) is -7.05. The Hall–Kier alpha value is -1.17. The standard InChI is InChI=1S/C25H48N6O12/c1-30-16-18(35)20-12(4-10(28)22(42-20)40-13-5-25(38,8-26)3-2-9(13)27)39-23(16)43-24-19(36)17(34)15(14(7-33)41-24)31-21(37)11(29)6-32/h9-20,22-24,30,32-36,38H,2-8,26-29H2,1H3,(H,31,37)/t9?,10?,11-,12-,13-,14?,15+,16?,17?,18?,19-,20?,22-,23?,24+,25?/m0/s1. The Bertz CT molecular complexity index is 924. The van der Waals surface area contributed by atoms with E-state index < -0.39 is 110 Å². The van der Waals surface area contributed by atoms with Gasteiger partial charge in [-0.3, -0.25) is 4.79 Å². The van der Waals surface area contributed by atoms with Gasteiger partial charge in [0, 0.05) is 19.0 Å².